The van der Waals surface area contributed by atoms with Crippen molar-refractivity contribution in [3.63, 3.8) is 0 Å². The van der Waals surface area contributed by atoms with Crippen LogP contribution in [0.3, 0.4) is 0 Å². The Hall–Kier alpha value is -2.04. The Kier molecular flexibility index (Phi) is 3.05. The quantitative estimate of drug-likeness (QED) is 0.846. The number of carbonyl (C=O) groups excluding carboxylic acids is 1. The smallest absolute Gasteiger partial charge is 0.254 e. The van der Waals surface area contributed by atoms with Crippen LogP contribution in [0.15, 0.2) is 35.3 Å². The number of furan rings is 1. The van der Waals surface area contributed by atoms with Crippen LogP contribution >= 0.6 is 0 Å². The zero-order valence-electron chi connectivity index (χ0n) is 9.01. The predicted octanol–water partition coefficient (Wildman–Crippen LogP) is 1.43. The van der Waals surface area contributed by atoms with Crippen LogP contribution in [-0.4, -0.2) is 15.7 Å². The maximum atomic E-state index is 11.5. The lowest BCUT2D eigenvalue weighted by molar-refractivity contribution is 0.0949. The second-order valence-corrected chi connectivity index (χ2v) is 3.36. The van der Waals surface area contributed by atoms with Gasteiger partial charge in [-0.2, -0.15) is 5.10 Å². The van der Waals surface area contributed by atoms with Crippen LogP contribution in [0.1, 0.15) is 23.0 Å². The van der Waals surface area contributed by atoms with Crippen molar-refractivity contribution in [1.29, 1.82) is 0 Å². The fourth-order valence-electron chi connectivity index (χ4n) is 1.34. The van der Waals surface area contributed by atoms with Gasteiger partial charge in [0, 0.05) is 12.7 Å². The molecule has 2 aromatic heterocycles. The third kappa shape index (κ3) is 2.31. The number of hydrogen-bond acceptors (Lipinski definition) is 3. The van der Waals surface area contributed by atoms with Crippen LogP contribution in [0.2, 0.25) is 0 Å². The topological polar surface area (TPSA) is 60.1 Å². The van der Waals surface area contributed by atoms with Crippen molar-refractivity contribution in [1.82, 2.24) is 15.1 Å². The average molecular weight is 219 g/mol. The number of nitrogens with zero attached hydrogens (tertiary/aromatic N) is 2. The predicted molar refractivity (Wildman–Crippen MR) is 57.8 cm³/mol. The van der Waals surface area contributed by atoms with Gasteiger partial charge >= 0.3 is 0 Å². The molecule has 0 aliphatic heterocycles. The van der Waals surface area contributed by atoms with E-state index in [4.69, 9.17) is 4.42 Å². The van der Waals surface area contributed by atoms with Gasteiger partial charge in [0.2, 0.25) is 0 Å². The van der Waals surface area contributed by atoms with Gasteiger partial charge in [0.1, 0.15) is 6.26 Å². The van der Waals surface area contributed by atoms with E-state index in [1.165, 1.54) is 12.5 Å². The van der Waals surface area contributed by atoms with E-state index in [2.05, 4.69) is 10.4 Å². The Morgan fingerprint density at radius 1 is 1.56 bits per heavy atom. The second-order valence-electron chi connectivity index (χ2n) is 3.36. The molecule has 0 radical (unpaired) electrons. The van der Waals surface area contributed by atoms with E-state index in [-0.39, 0.29) is 5.91 Å². The summed E-state index contributed by atoms with van der Waals surface area (Å²) in [4.78, 5) is 11.5. The first-order chi connectivity index (χ1) is 7.79. The Morgan fingerprint density at radius 2 is 2.44 bits per heavy atom. The molecule has 2 rings (SSSR count). The molecular formula is C11H13N3O2. The van der Waals surface area contributed by atoms with Crippen LogP contribution in [0.5, 0.6) is 0 Å². The van der Waals surface area contributed by atoms with Gasteiger partial charge in [-0.3, -0.25) is 9.48 Å². The molecule has 2 aromatic rings. The molecule has 0 spiro atoms. The molecule has 0 saturated carbocycles. The Balaban J connectivity index is 1.90. The van der Waals surface area contributed by atoms with Crippen molar-refractivity contribution in [2.24, 2.45) is 0 Å². The zero-order valence-corrected chi connectivity index (χ0v) is 9.01. The van der Waals surface area contributed by atoms with Crippen molar-refractivity contribution in [2.45, 2.75) is 20.0 Å². The van der Waals surface area contributed by atoms with Crippen LogP contribution < -0.4 is 5.32 Å². The van der Waals surface area contributed by atoms with Gasteiger partial charge < -0.3 is 9.73 Å². The van der Waals surface area contributed by atoms with Crippen molar-refractivity contribution in [2.75, 3.05) is 0 Å². The monoisotopic (exact) mass is 219 g/mol. The third-order valence-electron chi connectivity index (χ3n) is 2.23. The summed E-state index contributed by atoms with van der Waals surface area (Å²) in [7, 11) is 0. The largest absolute Gasteiger partial charge is 0.472 e. The summed E-state index contributed by atoms with van der Waals surface area (Å²) < 4.78 is 6.65. The molecule has 0 fully saturated rings. The van der Waals surface area contributed by atoms with Crippen molar-refractivity contribution < 1.29 is 9.21 Å². The van der Waals surface area contributed by atoms with E-state index in [0.717, 1.165) is 12.2 Å². The standard InChI is InChI=1S/C11H13N3O2/c1-2-14-5-3-10(13-14)7-12-11(15)9-4-6-16-8-9/h3-6,8H,2,7H2,1H3,(H,12,15). The Morgan fingerprint density at radius 3 is 3.06 bits per heavy atom. The Bertz CT molecular complexity index is 459. The molecule has 0 atom stereocenters. The summed E-state index contributed by atoms with van der Waals surface area (Å²) in [6.07, 6.45) is 4.78. The van der Waals surface area contributed by atoms with Crippen molar-refractivity contribution >= 4 is 5.91 Å². The Labute approximate surface area is 93.1 Å². The van der Waals surface area contributed by atoms with E-state index in [0.29, 0.717) is 12.1 Å². The summed E-state index contributed by atoms with van der Waals surface area (Å²) in [5, 5.41) is 7.02. The lowest BCUT2D eigenvalue weighted by atomic mass is 10.3. The van der Waals surface area contributed by atoms with Gasteiger partial charge in [-0.25, -0.2) is 0 Å². The maximum absolute atomic E-state index is 11.5. The number of rotatable bonds is 4. The highest BCUT2D eigenvalue weighted by atomic mass is 16.3. The molecule has 0 unspecified atom stereocenters. The number of carbonyl (C=O) groups is 1. The van der Waals surface area contributed by atoms with E-state index in [1.807, 2.05) is 23.9 Å². The minimum atomic E-state index is -0.153. The zero-order chi connectivity index (χ0) is 11.4. The first kappa shape index (κ1) is 10.5. The number of nitrogens with one attached hydrogen (secondary N) is 1. The maximum Gasteiger partial charge on any atom is 0.254 e. The summed E-state index contributed by atoms with van der Waals surface area (Å²) >= 11 is 0. The van der Waals surface area contributed by atoms with E-state index in [1.54, 1.807) is 6.07 Å². The molecule has 0 aliphatic carbocycles. The molecule has 5 nitrogen and oxygen atoms in total. The third-order valence-corrected chi connectivity index (χ3v) is 2.23. The first-order valence-corrected chi connectivity index (χ1v) is 5.12. The second kappa shape index (κ2) is 4.65. The molecule has 1 amide bonds. The summed E-state index contributed by atoms with van der Waals surface area (Å²) in [5.74, 6) is -0.153. The highest BCUT2D eigenvalue weighted by Gasteiger charge is 2.06. The van der Waals surface area contributed by atoms with E-state index < -0.39 is 0 Å². The van der Waals surface area contributed by atoms with Gasteiger partial charge in [-0.15, -0.1) is 0 Å². The first-order valence-electron chi connectivity index (χ1n) is 5.12. The normalized spacial score (nSPS) is 10.3. The summed E-state index contributed by atoms with van der Waals surface area (Å²) in [5.41, 5.74) is 1.37. The molecule has 2 heterocycles. The number of hydrogen-bond donors (Lipinski definition) is 1. The van der Waals surface area contributed by atoms with Crippen LogP contribution in [0.4, 0.5) is 0 Å². The number of aromatic nitrogens is 2. The van der Waals surface area contributed by atoms with Gasteiger partial charge in [0.05, 0.1) is 24.1 Å². The minimum Gasteiger partial charge on any atom is -0.472 e. The van der Waals surface area contributed by atoms with E-state index in [9.17, 15) is 4.79 Å². The lowest BCUT2D eigenvalue weighted by Crippen LogP contribution is -2.22. The minimum absolute atomic E-state index is 0.153. The van der Waals surface area contributed by atoms with Crippen LogP contribution in [0.25, 0.3) is 0 Å². The molecule has 84 valence electrons. The molecule has 0 aliphatic rings. The fraction of sp³-hybridized carbons (Fsp3) is 0.273. The molecule has 5 heteroatoms. The molecule has 0 saturated heterocycles. The molecule has 1 N–H and O–H groups in total. The van der Waals surface area contributed by atoms with Gasteiger partial charge in [-0.05, 0) is 19.1 Å². The lowest BCUT2D eigenvalue weighted by Gasteiger charge is -2.00. The van der Waals surface area contributed by atoms with Crippen molar-refractivity contribution in [3.8, 4) is 0 Å². The number of aryl methyl sites for hydroxylation is 1. The van der Waals surface area contributed by atoms with Crippen LogP contribution in [-0.2, 0) is 13.1 Å². The number of amides is 1. The highest BCUT2D eigenvalue weighted by Crippen LogP contribution is 2.00. The summed E-state index contributed by atoms with van der Waals surface area (Å²) in [6, 6.07) is 3.51. The van der Waals surface area contributed by atoms with Gasteiger partial charge in [-0.1, -0.05) is 0 Å². The SMILES string of the molecule is CCn1ccc(CNC(=O)c2ccoc2)n1. The molecule has 0 bridgehead atoms. The highest BCUT2D eigenvalue weighted by molar-refractivity contribution is 5.93. The molecular weight excluding hydrogens is 206 g/mol. The van der Waals surface area contributed by atoms with Gasteiger partial charge in [0.25, 0.3) is 5.91 Å². The van der Waals surface area contributed by atoms with E-state index >= 15 is 0 Å². The molecule has 16 heavy (non-hydrogen) atoms. The summed E-state index contributed by atoms with van der Waals surface area (Å²) in [6.45, 7) is 3.27. The average Bonchev–Trinajstić information content (AvgIpc) is 2.96. The van der Waals surface area contributed by atoms with Crippen LogP contribution in [0, 0.1) is 0 Å². The van der Waals surface area contributed by atoms with Gasteiger partial charge in [0.15, 0.2) is 0 Å². The molecule has 0 aromatic carbocycles. The van der Waals surface area contributed by atoms with Crippen molar-refractivity contribution in [3.05, 3.63) is 42.1 Å². The fourth-order valence-corrected chi connectivity index (χ4v) is 1.34.